The largest absolute Gasteiger partial charge is 0.399 e. The van der Waals surface area contributed by atoms with Crippen molar-refractivity contribution < 1.29 is 4.79 Å². The van der Waals surface area contributed by atoms with Crippen molar-refractivity contribution in [2.75, 3.05) is 11.1 Å². The van der Waals surface area contributed by atoms with E-state index in [4.69, 9.17) is 16.6 Å². The number of benzene rings is 5. The number of amides is 2. The van der Waals surface area contributed by atoms with E-state index in [0.717, 1.165) is 38.4 Å². The molecule has 0 atom stereocenters. The molecule has 6 nitrogen and oxygen atoms in total. The zero-order valence-electron chi connectivity index (χ0n) is 17.7. The van der Waals surface area contributed by atoms with Crippen LogP contribution in [0, 0.1) is 0 Å². The molecule has 0 fully saturated rings. The Hall–Kier alpha value is -4.71. The molecule has 5 N–H and O–H groups in total. The highest BCUT2D eigenvalue weighted by Crippen LogP contribution is 2.41. The fourth-order valence-corrected chi connectivity index (χ4v) is 4.01. The van der Waals surface area contributed by atoms with E-state index in [0.29, 0.717) is 17.1 Å². The lowest BCUT2D eigenvalue weighted by molar-refractivity contribution is 0.259. The van der Waals surface area contributed by atoms with Crippen LogP contribution < -0.4 is 16.8 Å². The van der Waals surface area contributed by atoms with Crippen LogP contribution >= 0.6 is 0 Å². The summed E-state index contributed by atoms with van der Waals surface area (Å²) in [4.78, 5) is 11.6. The lowest BCUT2D eigenvalue weighted by Gasteiger charge is -2.14. The van der Waals surface area contributed by atoms with Gasteiger partial charge in [0.25, 0.3) is 0 Å². The average molecular weight is 431 g/mol. The number of hydrogen-bond acceptors (Lipinski definition) is 4. The smallest absolute Gasteiger partial charge is 0.316 e. The quantitative estimate of drug-likeness (QED) is 0.208. The second-order valence-corrected chi connectivity index (χ2v) is 7.68. The number of azo groups is 1. The number of carbonyl (C=O) groups is 1. The summed E-state index contributed by atoms with van der Waals surface area (Å²) in [6, 6.07) is 30.7. The van der Waals surface area contributed by atoms with E-state index >= 15 is 0 Å². The zero-order valence-corrected chi connectivity index (χ0v) is 17.7. The third kappa shape index (κ3) is 3.97. The van der Waals surface area contributed by atoms with Gasteiger partial charge in [0.15, 0.2) is 0 Å². The average Bonchev–Trinajstić information content (AvgIpc) is 2.82. The minimum atomic E-state index is -0.665. The first kappa shape index (κ1) is 20.2. The number of primary amides is 1. The van der Waals surface area contributed by atoms with E-state index in [1.165, 1.54) is 0 Å². The summed E-state index contributed by atoms with van der Waals surface area (Å²) in [6.45, 7) is 0. The first-order chi connectivity index (χ1) is 16.1. The molecule has 5 rings (SSSR count). The van der Waals surface area contributed by atoms with Crippen LogP contribution in [0.4, 0.5) is 27.5 Å². The van der Waals surface area contributed by atoms with Gasteiger partial charge in [-0.3, -0.25) is 0 Å². The van der Waals surface area contributed by atoms with Gasteiger partial charge in [0.05, 0.1) is 11.4 Å². The number of rotatable bonds is 4. The van der Waals surface area contributed by atoms with Crippen molar-refractivity contribution in [1.82, 2.24) is 0 Å². The van der Waals surface area contributed by atoms with E-state index in [1.54, 1.807) is 12.1 Å². The third-order valence-electron chi connectivity index (χ3n) is 5.52. The number of nitrogen functional groups attached to an aromatic ring is 1. The molecule has 6 heteroatoms. The summed E-state index contributed by atoms with van der Waals surface area (Å²) in [7, 11) is 0. The van der Waals surface area contributed by atoms with E-state index in [-0.39, 0.29) is 0 Å². The minimum Gasteiger partial charge on any atom is -0.399 e. The van der Waals surface area contributed by atoms with Crippen molar-refractivity contribution in [3.8, 4) is 11.1 Å². The van der Waals surface area contributed by atoms with Crippen LogP contribution in [0.15, 0.2) is 107 Å². The molecule has 0 aliphatic rings. The third-order valence-corrected chi connectivity index (χ3v) is 5.52. The fraction of sp³-hybridized carbons (Fsp3) is 0. The summed E-state index contributed by atoms with van der Waals surface area (Å²) in [5.74, 6) is 0. The van der Waals surface area contributed by atoms with Crippen molar-refractivity contribution in [3.63, 3.8) is 0 Å². The Labute approximate surface area is 190 Å². The van der Waals surface area contributed by atoms with Gasteiger partial charge in [0.2, 0.25) is 0 Å². The molecule has 5 aromatic rings. The molecule has 0 unspecified atom stereocenters. The van der Waals surface area contributed by atoms with Gasteiger partial charge in [0, 0.05) is 27.6 Å². The van der Waals surface area contributed by atoms with Gasteiger partial charge in [-0.1, -0.05) is 78.9 Å². The maximum absolute atomic E-state index is 11.6. The maximum Gasteiger partial charge on any atom is 0.316 e. The number of urea groups is 1. The molecule has 0 aromatic heterocycles. The number of nitrogens with two attached hydrogens (primary N) is 2. The second kappa shape index (κ2) is 8.43. The zero-order chi connectivity index (χ0) is 22.8. The Morgan fingerprint density at radius 3 is 2.15 bits per heavy atom. The van der Waals surface area contributed by atoms with Crippen LogP contribution in [0.3, 0.4) is 0 Å². The SMILES string of the molecule is NC(=O)Nc1cc(N)ccc1-c1ccc2ccccc2c1N=Nc1cccc2ccccc12. The fourth-order valence-electron chi connectivity index (χ4n) is 4.01. The lowest BCUT2D eigenvalue weighted by Crippen LogP contribution is -2.19. The number of carbonyl (C=O) groups excluding carboxylic acids is 1. The van der Waals surface area contributed by atoms with Crippen molar-refractivity contribution in [1.29, 1.82) is 0 Å². The molecule has 2 amide bonds. The van der Waals surface area contributed by atoms with Gasteiger partial charge < -0.3 is 16.8 Å². The molecule has 0 saturated carbocycles. The van der Waals surface area contributed by atoms with Gasteiger partial charge in [0.1, 0.15) is 5.69 Å². The molecule has 33 heavy (non-hydrogen) atoms. The van der Waals surface area contributed by atoms with Crippen LogP contribution in [0.1, 0.15) is 0 Å². The second-order valence-electron chi connectivity index (χ2n) is 7.68. The van der Waals surface area contributed by atoms with Crippen LogP contribution in [0.25, 0.3) is 32.7 Å². The standard InChI is InChI=1S/C27H21N5O/c28-19-13-15-22(25(16-19)30-27(29)33)23-14-12-18-7-2-4-10-21(18)26(23)32-31-24-11-5-8-17-6-1-3-9-20(17)24/h1-16H,28H2,(H3,29,30,33). The number of nitrogens with zero attached hydrogens (tertiary/aromatic N) is 2. The first-order valence-electron chi connectivity index (χ1n) is 10.5. The molecule has 0 saturated heterocycles. The van der Waals surface area contributed by atoms with E-state index in [2.05, 4.69) is 10.4 Å². The number of hydrogen-bond donors (Lipinski definition) is 3. The highest BCUT2D eigenvalue weighted by molar-refractivity contribution is 6.04. The molecule has 5 aromatic carbocycles. The van der Waals surface area contributed by atoms with E-state index < -0.39 is 6.03 Å². The number of anilines is 2. The molecule has 160 valence electrons. The monoisotopic (exact) mass is 431 g/mol. The van der Waals surface area contributed by atoms with Crippen molar-refractivity contribution in [2.24, 2.45) is 16.0 Å². The number of fused-ring (bicyclic) bond motifs is 2. The summed E-state index contributed by atoms with van der Waals surface area (Å²) >= 11 is 0. The molecule has 0 aliphatic heterocycles. The summed E-state index contributed by atoms with van der Waals surface area (Å²) in [5, 5.41) is 16.1. The first-order valence-corrected chi connectivity index (χ1v) is 10.5. The van der Waals surface area contributed by atoms with Gasteiger partial charge in [-0.2, -0.15) is 0 Å². The minimum absolute atomic E-state index is 0.513. The molecule has 0 radical (unpaired) electrons. The van der Waals surface area contributed by atoms with Crippen LogP contribution in [-0.2, 0) is 0 Å². The van der Waals surface area contributed by atoms with Gasteiger partial charge >= 0.3 is 6.03 Å². The molecule has 0 spiro atoms. The topological polar surface area (TPSA) is 106 Å². The Bertz CT molecular complexity index is 1540. The molecular weight excluding hydrogens is 410 g/mol. The van der Waals surface area contributed by atoms with Gasteiger partial charge in [-0.25, -0.2) is 4.79 Å². The summed E-state index contributed by atoms with van der Waals surface area (Å²) in [6.07, 6.45) is 0. The predicted molar refractivity (Wildman–Crippen MR) is 135 cm³/mol. The van der Waals surface area contributed by atoms with Crippen molar-refractivity contribution >= 4 is 50.3 Å². The van der Waals surface area contributed by atoms with Crippen molar-refractivity contribution in [3.05, 3.63) is 97.1 Å². The summed E-state index contributed by atoms with van der Waals surface area (Å²) in [5.41, 5.74) is 15.4. The Morgan fingerprint density at radius 1 is 0.697 bits per heavy atom. The highest BCUT2D eigenvalue weighted by atomic mass is 16.2. The molecule has 0 aliphatic carbocycles. The normalized spacial score (nSPS) is 11.3. The van der Waals surface area contributed by atoms with E-state index in [9.17, 15) is 4.79 Å². The van der Waals surface area contributed by atoms with Crippen LogP contribution in [0.2, 0.25) is 0 Å². The Morgan fingerprint density at radius 2 is 1.36 bits per heavy atom. The molecule has 0 bridgehead atoms. The van der Waals surface area contributed by atoms with Gasteiger partial charge in [-0.15, -0.1) is 10.2 Å². The predicted octanol–water partition coefficient (Wildman–Crippen LogP) is 7.15. The molecular formula is C27H21N5O. The summed E-state index contributed by atoms with van der Waals surface area (Å²) < 4.78 is 0. The Kier molecular flexibility index (Phi) is 5.16. The lowest BCUT2D eigenvalue weighted by atomic mass is 9.97. The Balaban J connectivity index is 1.73. The van der Waals surface area contributed by atoms with Crippen LogP contribution in [0.5, 0.6) is 0 Å². The van der Waals surface area contributed by atoms with Crippen LogP contribution in [-0.4, -0.2) is 6.03 Å². The number of nitrogens with one attached hydrogen (secondary N) is 1. The van der Waals surface area contributed by atoms with E-state index in [1.807, 2.05) is 84.9 Å². The van der Waals surface area contributed by atoms with Crippen molar-refractivity contribution in [2.45, 2.75) is 0 Å². The highest BCUT2D eigenvalue weighted by Gasteiger charge is 2.14. The maximum atomic E-state index is 11.6. The molecule has 0 heterocycles. The van der Waals surface area contributed by atoms with Gasteiger partial charge in [-0.05, 0) is 29.0 Å².